The lowest BCUT2D eigenvalue weighted by atomic mass is 10.0. The molecule has 13 heteroatoms. The fourth-order valence-corrected chi connectivity index (χ4v) is 5.20. The summed E-state index contributed by atoms with van der Waals surface area (Å²) in [5.41, 5.74) is 2.13. The zero-order chi connectivity index (χ0) is 33.2. The van der Waals surface area contributed by atoms with Gasteiger partial charge in [0.2, 0.25) is 5.91 Å². The molecule has 13 nitrogen and oxygen atoms in total. The minimum Gasteiger partial charge on any atom is -0.493 e. The highest BCUT2D eigenvalue weighted by atomic mass is 16.5. The van der Waals surface area contributed by atoms with Crippen LogP contribution >= 0.6 is 0 Å². The molecule has 0 aliphatic carbocycles. The van der Waals surface area contributed by atoms with Gasteiger partial charge in [0.05, 0.1) is 25.0 Å². The van der Waals surface area contributed by atoms with Gasteiger partial charge in [0.15, 0.2) is 11.5 Å². The molecule has 246 valence electrons. The summed E-state index contributed by atoms with van der Waals surface area (Å²) >= 11 is 0. The zero-order valence-electron chi connectivity index (χ0n) is 26.9. The van der Waals surface area contributed by atoms with E-state index in [4.69, 9.17) is 9.47 Å². The van der Waals surface area contributed by atoms with Crippen molar-refractivity contribution in [1.29, 1.82) is 0 Å². The second-order valence-electron chi connectivity index (χ2n) is 11.5. The molecule has 5 rings (SSSR count). The number of amides is 3. The average Bonchev–Trinajstić information content (AvgIpc) is 3.55. The lowest BCUT2D eigenvalue weighted by Crippen LogP contribution is -2.50. The van der Waals surface area contributed by atoms with Gasteiger partial charge in [-0.05, 0) is 23.8 Å². The lowest BCUT2D eigenvalue weighted by Gasteiger charge is -2.24. The maximum absolute atomic E-state index is 13.7. The topological polar surface area (TPSA) is 153 Å². The van der Waals surface area contributed by atoms with Crippen molar-refractivity contribution < 1.29 is 23.9 Å². The van der Waals surface area contributed by atoms with E-state index < -0.39 is 11.9 Å². The zero-order valence-corrected chi connectivity index (χ0v) is 26.9. The average molecular weight is 641 g/mol. The maximum Gasteiger partial charge on any atom is 0.272 e. The molecule has 47 heavy (non-hydrogen) atoms. The standard InChI is InChI=1S/C34H40N8O5/c1-23(2)31-35-15-13-27(37-31)34(45)41-18-14-25-22-42(40-39-25)17-8-20-47-30-26(11-7-12-29(30)46-3)32(43)38-28(33(44)36-16-19-41)21-24-9-5-4-6-10-24/h4-7,9-13,15,22-23,28H,8,14,16-21H2,1-3H3,(H,36,44)(H,38,43)/t28-/m0/s1. The van der Waals surface area contributed by atoms with Crippen LogP contribution in [0.1, 0.15) is 64.1 Å². The van der Waals surface area contributed by atoms with E-state index in [1.807, 2.05) is 50.4 Å². The maximum atomic E-state index is 13.7. The number of carbonyl (C=O) groups excluding carboxylic acids is 3. The first-order valence-corrected chi connectivity index (χ1v) is 15.8. The summed E-state index contributed by atoms with van der Waals surface area (Å²) in [6, 6.07) is 15.2. The van der Waals surface area contributed by atoms with Gasteiger partial charge in [-0.1, -0.05) is 55.5 Å². The van der Waals surface area contributed by atoms with E-state index in [0.717, 1.165) is 11.3 Å². The second-order valence-corrected chi connectivity index (χ2v) is 11.5. The van der Waals surface area contributed by atoms with Crippen molar-refractivity contribution in [2.24, 2.45) is 0 Å². The van der Waals surface area contributed by atoms with Crippen LogP contribution in [-0.2, 0) is 24.2 Å². The van der Waals surface area contributed by atoms with E-state index in [2.05, 4.69) is 30.9 Å². The number of aromatic nitrogens is 5. The predicted molar refractivity (Wildman–Crippen MR) is 173 cm³/mol. The van der Waals surface area contributed by atoms with E-state index in [9.17, 15) is 14.4 Å². The third kappa shape index (κ3) is 8.69. The first kappa shape index (κ1) is 33.0. The highest BCUT2D eigenvalue weighted by molar-refractivity contribution is 6.00. The minimum absolute atomic E-state index is 0.0526. The second kappa shape index (κ2) is 15.8. The number of ether oxygens (including phenoxy) is 2. The van der Waals surface area contributed by atoms with Crippen molar-refractivity contribution >= 4 is 17.7 Å². The van der Waals surface area contributed by atoms with Crippen LogP contribution in [0.2, 0.25) is 0 Å². The molecule has 1 atom stereocenters. The van der Waals surface area contributed by atoms with Crippen molar-refractivity contribution in [2.75, 3.05) is 33.4 Å². The van der Waals surface area contributed by atoms with E-state index in [1.54, 1.807) is 40.0 Å². The Morgan fingerprint density at radius 3 is 2.68 bits per heavy atom. The molecule has 4 aromatic rings. The van der Waals surface area contributed by atoms with Crippen LogP contribution in [0, 0.1) is 0 Å². The van der Waals surface area contributed by atoms with E-state index in [0.29, 0.717) is 43.3 Å². The van der Waals surface area contributed by atoms with Crippen LogP contribution in [0.5, 0.6) is 11.5 Å². The summed E-state index contributed by atoms with van der Waals surface area (Å²) in [5.74, 6) is 0.190. The summed E-state index contributed by atoms with van der Waals surface area (Å²) in [6.45, 7) is 5.43. The monoisotopic (exact) mass is 640 g/mol. The molecule has 1 aliphatic heterocycles. The van der Waals surface area contributed by atoms with Gasteiger partial charge in [0.1, 0.15) is 17.6 Å². The highest BCUT2D eigenvalue weighted by Gasteiger charge is 2.26. The van der Waals surface area contributed by atoms with Crippen LogP contribution in [0.15, 0.2) is 67.0 Å². The summed E-state index contributed by atoms with van der Waals surface area (Å²) in [4.78, 5) is 51.5. The third-order valence-electron chi connectivity index (χ3n) is 7.73. The van der Waals surface area contributed by atoms with Gasteiger partial charge in [0, 0.05) is 63.8 Å². The number of methoxy groups -OCH3 is 1. The fraction of sp³-hybridized carbons (Fsp3) is 0.382. The van der Waals surface area contributed by atoms with Gasteiger partial charge < -0.3 is 25.0 Å². The van der Waals surface area contributed by atoms with Gasteiger partial charge in [-0.15, -0.1) is 5.10 Å². The van der Waals surface area contributed by atoms with Crippen LogP contribution < -0.4 is 20.1 Å². The van der Waals surface area contributed by atoms with Crippen molar-refractivity contribution in [2.45, 2.75) is 51.6 Å². The molecule has 2 aromatic carbocycles. The van der Waals surface area contributed by atoms with Crippen molar-refractivity contribution in [3.63, 3.8) is 0 Å². The Morgan fingerprint density at radius 2 is 1.89 bits per heavy atom. The molecular formula is C34H40N8O5. The molecule has 0 fully saturated rings. The third-order valence-corrected chi connectivity index (χ3v) is 7.73. The molecule has 0 radical (unpaired) electrons. The van der Waals surface area contributed by atoms with E-state index in [1.165, 1.54) is 7.11 Å². The number of hydrogen-bond acceptors (Lipinski definition) is 9. The number of aryl methyl sites for hydroxylation is 1. The fourth-order valence-electron chi connectivity index (χ4n) is 5.20. The molecule has 3 heterocycles. The van der Waals surface area contributed by atoms with Gasteiger partial charge in [-0.2, -0.15) is 0 Å². The number of para-hydroxylation sites is 1. The van der Waals surface area contributed by atoms with Gasteiger partial charge >= 0.3 is 0 Å². The van der Waals surface area contributed by atoms with Crippen molar-refractivity contribution in [1.82, 2.24) is 40.5 Å². The van der Waals surface area contributed by atoms with Crippen molar-refractivity contribution in [3.8, 4) is 11.5 Å². The number of nitrogens with zero attached hydrogens (tertiary/aromatic N) is 6. The molecule has 2 N–H and O–H groups in total. The Bertz CT molecular complexity index is 1680. The smallest absolute Gasteiger partial charge is 0.272 e. The number of fused-ring (bicyclic) bond motifs is 3. The van der Waals surface area contributed by atoms with E-state index >= 15 is 0 Å². The van der Waals surface area contributed by atoms with Crippen LogP contribution in [-0.4, -0.2) is 87.0 Å². The largest absolute Gasteiger partial charge is 0.493 e. The normalized spacial score (nSPS) is 16.5. The molecule has 3 amide bonds. The Hall–Kier alpha value is -5.33. The summed E-state index contributed by atoms with van der Waals surface area (Å²) in [6.07, 6.45) is 4.72. The number of benzene rings is 2. The Labute approximate surface area is 273 Å². The molecule has 2 bridgehead atoms. The number of nitrogens with one attached hydrogen (secondary N) is 2. The van der Waals surface area contributed by atoms with Gasteiger partial charge in [-0.3, -0.25) is 19.1 Å². The molecule has 0 saturated heterocycles. The summed E-state index contributed by atoms with van der Waals surface area (Å²) in [5, 5.41) is 14.4. The number of hydrogen-bond donors (Lipinski definition) is 2. The Kier molecular flexibility index (Phi) is 11.1. The van der Waals surface area contributed by atoms with E-state index in [-0.39, 0.29) is 55.1 Å². The van der Waals surface area contributed by atoms with Gasteiger partial charge in [0.25, 0.3) is 11.8 Å². The molecule has 1 aliphatic rings. The van der Waals surface area contributed by atoms with Crippen LogP contribution in [0.25, 0.3) is 0 Å². The lowest BCUT2D eigenvalue weighted by molar-refractivity contribution is -0.123. The predicted octanol–water partition coefficient (Wildman–Crippen LogP) is 2.83. The molecular weight excluding hydrogens is 600 g/mol. The molecule has 0 spiro atoms. The number of carbonyl (C=O) groups is 3. The van der Waals surface area contributed by atoms with Crippen LogP contribution in [0.4, 0.5) is 0 Å². The Balaban J connectivity index is 1.42. The quantitative estimate of drug-likeness (QED) is 0.335. The molecule has 0 unspecified atom stereocenters. The summed E-state index contributed by atoms with van der Waals surface area (Å²) in [7, 11) is 1.51. The van der Waals surface area contributed by atoms with Gasteiger partial charge in [-0.25, -0.2) is 9.97 Å². The first-order valence-electron chi connectivity index (χ1n) is 15.8. The first-order chi connectivity index (χ1) is 22.8. The minimum atomic E-state index is -0.903. The van der Waals surface area contributed by atoms with Crippen LogP contribution in [0.3, 0.4) is 0 Å². The van der Waals surface area contributed by atoms with Crippen molar-refractivity contribution in [3.05, 3.63) is 95.3 Å². The SMILES string of the molecule is COc1cccc2c1OCCCn1cc(nn1)CCN(C(=O)c1ccnc(C(C)C)n1)CCNC(=O)[C@H](Cc1ccccc1)NC2=O. The summed E-state index contributed by atoms with van der Waals surface area (Å²) < 4.78 is 13.3. The number of rotatable bonds is 5. The molecule has 0 saturated carbocycles. The molecule has 2 aromatic heterocycles. The Morgan fingerprint density at radius 1 is 1.06 bits per heavy atom. The highest BCUT2D eigenvalue weighted by Crippen LogP contribution is 2.31.